The highest BCUT2D eigenvalue weighted by molar-refractivity contribution is 7.95. The molecule has 0 fully saturated rings. The number of benzene rings is 2. The zero-order valence-electron chi connectivity index (χ0n) is 11.0. The maximum absolute atomic E-state index is 12.3. The fourth-order valence-corrected chi connectivity index (χ4v) is 2.75. The molecule has 22 heavy (non-hydrogen) atoms. The summed E-state index contributed by atoms with van der Waals surface area (Å²) in [7, 11) is 0. The molecule has 0 saturated heterocycles. The molecule has 0 saturated carbocycles. The highest BCUT2D eigenvalue weighted by Crippen LogP contribution is 2.28. The molecule has 0 aliphatic rings. The number of aromatic hydroxyl groups is 2. The van der Waals surface area contributed by atoms with Crippen molar-refractivity contribution in [1.29, 1.82) is 0 Å². The third-order valence-electron chi connectivity index (χ3n) is 2.69. The van der Waals surface area contributed by atoms with Crippen molar-refractivity contribution in [3.63, 3.8) is 0 Å². The second-order valence-electron chi connectivity index (χ2n) is 4.21. The Labute approximate surface area is 133 Å². The summed E-state index contributed by atoms with van der Waals surface area (Å²) in [4.78, 5) is 10.6. The Balaban J connectivity index is 2.40. The van der Waals surface area contributed by atoms with Gasteiger partial charge in [0.15, 0.2) is 16.4 Å². The molecule has 2 aromatic rings. The molecule has 8 heteroatoms. The van der Waals surface area contributed by atoms with E-state index in [1.54, 1.807) is 0 Å². The minimum Gasteiger partial charge on any atom is -0.602 e. The molecule has 0 aromatic heterocycles. The Kier molecular flexibility index (Phi) is 4.92. The molecule has 0 bridgehead atoms. The molecule has 2 aromatic carbocycles. The normalized spacial score (nSPS) is 12.9. The third-order valence-corrected chi connectivity index (χ3v) is 4.29. The molecule has 0 spiro atoms. The van der Waals surface area contributed by atoms with Crippen LogP contribution in [0.15, 0.2) is 52.4 Å². The van der Waals surface area contributed by atoms with Crippen molar-refractivity contribution in [2.45, 2.75) is 4.90 Å². The number of hydrogen-bond acceptors (Lipinski definition) is 5. The monoisotopic (exact) mass is 339 g/mol. The van der Waals surface area contributed by atoms with E-state index in [0.29, 0.717) is 5.02 Å². The molecular weight excluding hydrogens is 330 g/mol. The average Bonchev–Trinajstić information content (AvgIpc) is 2.48. The number of phenols is 2. The van der Waals surface area contributed by atoms with E-state index in [1.807, 2.05) is 0 Å². The van der Waals surface area contributed by atoms with Crippen molar-refractivity contribution in [2.24, 2.45) is 0 Å². The van der Waals surface area contributed by atoms with Crippen LogP contribution in [0.25, 0.3) is 6.08 Å². The van der Waals surface area contributed by atoms with Crippen molar-refractivity contribution >= 4 is 28.9 Å². The Hall–Kier alpha value is -2.22. The van der Waals surface area contributed by atoms with Gasteiger partial charge >= 0.3 is 5.03 Å². The predicted octanol–water partition coefficient (Wildman–Crippen LogP) is 3.13. The van der Waals surface area contributed by atoms with Crippen molar-refractivity contribution in [3.05, 3.63) is 68.2 Å². The van der Waals surface area contributed by atoms with Gasteiger partial charge in [-0.25, -0.2) is 0 Å². The quantitative estimate of drug-likeness (QED) is 0.385. The maximum Gasteiger partial charge on any atom is 0.446 e. The van der Waals surface area contributed by atoms with E-state index in [0.717, 1.165) is 12.1 Å². The van der Waals surface area contributed by atoms with Crippen molar-refractivity contribution in [1.82, 2.24) is 0 Å². The van der Waals surface area contributed by atoms with E-state index < -0.39 is 26.9 Å². The number of hydrogen-bond donors (Lipinski definition) is 2. The Morgan fingerprint density at radius 1 is 1.14 bits per heavy atom. The van der Waals surface area contributed by atoms with Gasteiger partial charge in [0.05, 0.1) is 17.3 Å². The summed E-state index contributed by atoms with van der Waals surface area (Å²) >= 11 is 3.71. The van der Waals surface area contributed by atoms with Crippen molar-refractivity contribution < 1.29 is 19.7 Å². The summed E-state index contributed by atoms with van der Waals surface area (Å²) in [6.07, 6.45) is 1.07. The van der Waals surface area contributed by atoms with Crippen LogP contribution in [0.5, 0.6) is 11.5 Å². The second-order valence-corrected chi connectivity index (χ2v) is 6.07. The van der Waals surface area contributed by atoms with Crippen LogP contribution in [0.2, 0.25) is 5.02 Å². The SMILES string of the molecule is O=[N+]([O-])/C(=C/c1ccc(O)c(O)c1)[S+]([O-])c1ccc(Cl)cc1. The van der Waals surface area contributed by atoms with Gasteiger partial charge in [0.2, 0.25) is 0 Å². The molecule has 0 aliphatic heterocycles. The molecule has 2 rings (SSSR count). The van der Waals surface area contributed by atoms with E-state index in [9.17, 15) is 24.9 Å². The number of halogens is 1. The van der Waals surface area contributed by atoms with Gasteiger partial charge in [0, 0.05) is 5.02 Å². The number of rotatable bonds is 4. The van der Waals surface area contributed by atoms with E-state index in [2.05, 4.69) is 0 Å². The van der Waals surface area contributed by atoms with Crippen LogP contribution in [0.1, 0.15) is 5.56 Å². The van der Waals surface area contributed by atoms with Crippen LogP contribution >= 0.6 is 11.6 Å². The average molecular weight is 340 g/mol. The summed E-state index contributed by atoms with van der Waals surface area (Å²) in [6, 6.07) is 9.52. The van der Waals surface area contributed by atoms with Crippen LogP contribution in [-0.2, 0) is 11.2 Å². The van der Waals surface area contributed by atoms with Gasteiger partial charge in [-0.3, -0.25) is 10.1 Å². The summed E-state index contributed by atoms with van der Waals surface area (Å²) in [5.41, 5.74) is 0.240. The van der Waals surface area contributed by atoms with E-state index >= 15 is 0 Å². The van der Waals surface area contributed by atoms with Gasteiger partial charge < -0.3 is 14.8 Å². The van der Waals surface area contributed by atoms with E-state index in [-0.39, 0.29) is 16.2 Å². The largest absolute Gasteiger partial charge is 0.602 e. The molecular formula is C14H10ClNO5S. The predicted molar refractivity (Wildman–Crippen MR) is 82.6 cm³/mol. The molecule has 114 valence electrons. The molecule has 0 heterocycles. The van der Waals surface area contributed by atoms with Gasteiger partial charge in [0.1, 0.15) is 4.92 Å². The fourth-order valence-electron chi connectivity index (χ4n) is 1.63. The summed E-state index contributed by atoms with van der Waals surface area (Å²) in [6.45, 7) is 0. The Bertz CT molecular complexity index is 733. The van der Waals surface area contributed by atoms with E-state index in [4.69, 9.17) is 11.6 Å². The molecule has 6 nitrogen and oxygen atoms in total. The van der Waals surface area contributed by atoms with Crippen LogP contribution in [0.3, 0.4) is 0 Å². The number of phenolic OH excluding ortho intramolecular Hbond substituents is 2. The first-order valence-corrected chi connectivity index (χ1v) is 7.46. The first-order chi connectivity index (χ1) is 10.4. The lowest BCUT2D eigenvalue weighted by Gasteiger charge is -2.07. The first-order valence-electron chi connectivity index (χ1n) is 5.94. The highest BCUT2D eigenvalue weighted by atomic mass is 35.5. The van der Waals surface area contributed by atoms with Crippen LogP contribution in [0, 0.1) is 10.1 Å². The highest BCUT2D eigenvalue weighted by Gasteiger charge is 2.29. The topological polar surface area (TPSA) is 107 Å². The second kappa shape index (κ2) is 6.69. The van der Waals surface area contributed by atoms with Gasteiger partial charge in [-0.1, -0.05) is 17.7 Å². The van der Waals surface area contributed by atoms with Crippen LogP contribution < -0.4 is 0 Å². The maximum atomic E-state index is 12.3. The zero-order valence-corrected chi connectivity index (χ0v) is 12.5. The van der Waals surface area contributed by atoms with Gasteiger partial charge in [-0.05, 0) is 42.0 Å². The van der Waals surface area contributed by atoms with Gasteiger partial charge in [-0.15, -0.1) is 0 Å². The van der Waals surface area contributed by atoms with Crippen molar-refractivity contribution in [3.8, 4) is 11.5 Å². The summed E-state index contributed by atoms with van der Waals surface area (Å²) < 4.78 is 12.3. The fraction of sp³-hybridized carbons (Fsp3) is 0. The van der Waals surface area contributed by atoms with E-state index in [1.165, 1.54) is 36.4 Å². The van der Waals surface area contributed by atoms with Crippen LogP contribution in [-0.4, -0.2) is 19.7 Å². The minimum atomic E-state index is -2.01. The lowest BCUT2D eigenvalue weighted by atomic mass is 10.2. The Morgan fingerprint density at radius 2 is 1.77 bits per heavy atom. The van der Waals surface area contributed by atoms with Crippen molar-refractivity contribution in [2.75, 3.05) is 0 Å². The van der Waals surface area contributed by atoms with Crippen LogP contribution in [0.4, 0.5) is 0 Å². The van der Waals surface area contributed by atoms with Gasteiger partial charge in [0.25, 0.3) is 0 Å². The lowest BCUT2D eigenvalue weighted by Crippen LogP contribution is -2.12. The smallest absolute Gasteiger partial charge is 0.446 e. The number of nitro groups is 1. The molecule has 0 amide bonds. The standard InChI is InChI=1S/C14H10ClNO5S/c15-10-2-4-11(5-3-10)22(21)14(16(19)20)8-9-1-6-12(17)13(18)7-9/h1-8,17-18H/b14-8-. The molecule has 0 aliphatic carbocycles. The molecule has 1 atom stereocenters. The first kappa shape index (κ1) is 16.2. The summed E-state index contributed by atoms with van der Waals surface area (Å²) in [5.74, 6) is -0.771. The summed E-state index contributed by atoms with van der Waals surface area (Å²) in [5, 5.41) is 29.6. The molecule has 1 unspecified atom stereocenters. The zero-order chi connectivity index (χ0) is 16.3. The Morgan fingerprint density at radius 3 is 2.32 bits per heavy atom. The molecule has 0 radical (unpaired) electrons. The molecule has 2 N–H and O–H groups in total. The lowest BCUT2D eigenvalue weighted by molar-refractivity contribution is -0.410. The minimum absolute atomic E-state index is 0.232. The van der Waals surface area contributed by atoms with Gasteiger partial charge in [-0.2, -0.15) is 0 Å². The third kappa shape index (κ3) is 3.70. The number of nitrogens with zero attached hydrogens (tertiary/aromatic N) is 1.